The maximum atomic E-state index is 10.2. The molecule has 3 nitrogen and oxygen atoms in total. The fourth-order valence-electron chi connectivity index (χ4n) is 0.804. The van der Waals surface area contributed by atoms with Crippen molar-refractivity contribution in [2.45, 2.75) is 5.75 Å². The lowest BCUT2D eigenvalue weighted by Crippen LogP contribution is -1.84. The minimum absolute atomic E-state index is 0.0102. The Balaban J connectivity index is 2.87. The van der Waals surface area contributed by atoms with Crippen molar-refractivity contribution in [3.63, 3.8) is 0 Å². The van der Waals surface area contributed by atoms with Gasteiger partial charge in [0.15, 0.2) is 0 Å². The molecule has 0 saturated carbocycles. The third-order valence-electron chi connectivity index (χ3n) is 1.22. The van der Waals surface area contributed by atoms with Gasteiger partial charge >= 0.3 is 0 Å². The number of phenols is 1. The van der Waals surface area contributed by atoms with Gasteiger partial charge in [-0.15, -0.1) is 0 Å². The zero-order valence-electron chi connectivity index (χ0n) is 5.73. The van der Waals surface area contributed by atoms with Gasteiger partial charge in [-0.2, -0.15) is 0 Å². The van der Waals surface area contributed by atoms with Crippen molar-refractivity contribution in [2.24, 2.45) is 0 Å². The summed E-state index contributed by atoms with van der Waals surface area (Å²) in [6.07, 6.45) is 0. The molecule has 0 aromatic heterocycles. The van der Waals surface area contributed by atoms with Gasteiger partial charge in [-0.1, -0.05) is 12.1 Å². The minimum Gasteiger partial charge on any atom is -0.508 e. The standard InChI is InChI=1S/C7H8O3S/c8-7-3-1-2-6(4-7)5-11(9)10/h1-4,8,11H,5H2. The van der Waals surface area contributed by atoms with Crippen molar-refractivity contribution in [3.8, 4) is 5.75 Å². The molecule has 1 rings (SSSR count). The lowest BCUT2D eigenvalue weighted by atomic mass is 10.2. The molecule has 0 aliphatic heterocycles. The van der Waals surface area contributed by atoms with Crippen molar-refractivity contribution in [1.29, 1.82) is 0 Å². The highest BCUT2D eigenvalue weighted by atomic mass is 32.2. The fourth-order valence-corrected chi connectivity index (χ4v) is 1.30. The monoisotopic (exact) mass is 172 g/mol. The predicted molar refractivity (Wildman–Crippen MR) is 42.1 cm³/mol. The van der Waals surface area contributed by atoms with E-state index in [9.17, 15) is 8.42 Å². The summed E-state index contributed by atoms with van der Waals surface area (Å²) in [5, 5.41) is 8.93. The first-order chi connectivity index (χ1) is 5.18. The highest BCUT2D eigenvalue weighted by molar-refractivity contribution is 7.71. The van der Waals surface area contributed by atoms with Gasteiger partial charge in [-0.3, -0.25) is 0 Å². The Hall–Kier alpha value is -1.03. The molecule has 0 spiro atoms. The number of rotatable bonds is 2. The van der Waals surface area contributed by atoms with Gasteiger partial charge in [0.2, 0.25) is 0 Å². The van der Waals surface area contributed by atoms with E-state index in [4.69, 9.17) is 5.11 Å². The summed E-state index contributed by atoms with van der Waals surface area (Å²) in [6, 6.07) is 6.21. The molecular weight excluding hydrogens is 164 g/mol. The van der Waals surface area contributed by atoms with Crippen LogP contribution in [0.2, 0.25) is 0 Å². The average Bonchev–Trinajstić information content (AvgIpc) is 1.85. The van der Waals surface area contributed by atoms with Gasteiger partial charge in [0.25, 0.3) is 0 Å². The molecule has 1 aromatic carbocycles. The number of hydrogen-bond donors (Lipinski definition) is 2. The Morgan fingerprint density at radius 1 is 1.36 bits per heavy atom. The summed E-state index contributed by atoms with van der Waals surface area (Å²) in [5.41, 5.74) is 0.612. The molecule has 0 amide bonds. The summed E-state index contributed by atoms with van der Waals surface area (Å²) in [4.78, 5) is 0. The highest BCUT2D eigenvalue weighted by Gasteiger charge is 1.94. The highest BCUT2D eigenvalue weighted by Crippen LogP contribution is 2.10. The van der Waals surface area contributed by atoms with E-state index in [1.807, 2.05) is 0 Å². The molecular formula is C7H8O3S. The molecule has 60 valence electrons. The van der Waals surface area contributed by atoms with Gasteiger partial charge in [-0.25, -0.2) is 8.42 Å². The van der Waals surface area contributed by atoms with E-state index in [-0.39, 0.29) is 11.5 Å². The van der Waals surface area contributed by atoms with Crippen LogP contribution in [0, 0.1) is 0 Å². The summed E-state index contributed by atoms with van der Waals surface area (Å²) in [5.74, 6) is 0.0864. The maximum Gasteiger partial charge on any atom is 0.144 e. The SMILES string of the molecule is O=[SH](=O)Cc1cccc(O)c1. The normalized spacial score (nSPS) is 10.3. The molecule has 0 bridgehead atoms. The second kappa shape index (κ2) is 3.39. The average molecular weight is 172 g/mol. The van der Waals surface area contributed by atoms with Crippen LogP contribution >= 0.6 is 0 Å². The summed E-state index contributed by atoms with van der Waals surface area (Å²) in [7, 11) is -2.40. The smallest absolute Gasteiger partial charge is 0.144 e. The molecule has 0 aliphatic carbocycles. The van der Waals surface area contributed by atoms with Crippen molar-refractivity contribution >= 4 is 10.7 Å². The van der Waals surface area contributed by atoms with E-state index in [0.29, 0.717) is 5.56 Å². The van der Waals surface area contributed by atoms with Crippen LogP contribution in [0.3, 0.4) is 0 Å². The van der Waals surface area contributed by atoms with Gasteiger partial charge in [-0.05, 0) is 17.7 Å². The number of aromatic hydroxyl groups is 1. The zero-order chi connectivity index (χ0) is 8.27. The zero-order valence-corrected chi connectivity index (χ0v) is 6.62. The van der Waals surface area contributed by atoms with E-state index in [1.54, 1.807) is 12.1 Å². The minimum atomic E-state index is -2.40. The largest absolute Gasteiger partial charge is 0.508 e. The fraction of sp³-hybridized carbons (Fsp3) is 0.143. The number of phenolic OH excluding ortho intramolecular Hbond substituents is 1. The van der Waals surface area contributed by atoms with E-state index < -0.39 is 10.7 Å². The molecule has 0 radical (unpaired) electrons. The molecule has 1 aromatic rings. The van der Waals surface area contributed by atoms with E-state index in [1.165, 1.54) is 12.1 Å². The van der Waals surface area contributed by atoms with Crippen LogP contribution < -0.4 is 0 Å². The predicted octanol–water partition coefficient (Wildman–Crippen LogP) is 0.504. The number of thiol groups is 1. The number of hydrogen-bond acceptors (Lipinski definition) is 3. The van der Waals surface area contributed by atoms with Crippen LogP contribution in [-0.4, -0.2) is 13.5 Å². The van der Waals surface area contributed by atoms with Crippen LogP contribution in [0.4, 0.5) is 0 Å². The van der Waals surface area contributed by atoms with Gasteiger partial charge in [0, 0.05) is 0 Å². The first-order valence-corrected chi connectivity index (χ1v) is 4.44. The topological polar surface area (TPSA) is 54.4 Å². The quantitative estimate of drug-likeness (QED) is 0.639. The molecule has 4 heteroatoms. The Bertz CT molecular complexity index is 309. The first kappa shape index (κ1) is 8.07. The van der Waals surface area contributed by atoms with Crippen molar-refractivity contribution in [2.75, 3.05) is 0 Å². The Morgan fingerprint density at radius 3 is 2.64 bits per heavy atom. The third-order valence-corrected chi connectivity index (χ3v) is 1.85. The Kier molecular flexibility index (Phi) is 2.48. The lowest BCUT2D eigenvalue weighted by Gasteiger charge is -1.94. The Labute approximate surface area is 66.2 Å². The van der Waals surface area contributed by atoms with Crippen molar-refractivity contribution in [1.82, 2.24) is 0 Å². The molecule has 0 saturated heterocycles. The molecule has 0 heterocycles. The molecule has 1 N–H and O–H groups in total. The summed E-state index contributed by atoms with van der Waals surface area (Å²) in [6.45, 7) is 0. The van der Waals surface area contributed by atoms with E-state index in [2.05, 4.69) is 0 Å². The third kappa shape index (κ3) is 2.59. The van der Waals surface area contributed by atoms with Crippen LogP contribution in [0.1, 0.15) is 5.56 Å². The van der Waals surface area contributed by atoms with Crippen LogP contribution in [0.5, 0.6) is 5.75 Å². The summed E-state index contributed by atoms with van der Waals surface area (Å²) < 4.78 is 20.5. The Morgan fingerprint density at radius 2 is 2.09 bits per heavy atom. The molecule has 0 atom stereocenters. The maximum absolute atomic E-state index is 10.2. The van der Waals surface area contributed by atoms with Crippen LogP contribution in [0.25, 0.3) is 0 Å². The molecule has 11 heavy (non-hydrogen) atoms. The van der Waals surface area contributed by atoms with Gasteiger partial charge in [0.05, 0.1) is 5.75 Å². The van der Waals surface area contributed by atoms with E-state index >= 15 is 0 Å². The van der Waals surface area contributed by atoms with E-state index in [0.717, 1.165) is 0 Å². The molecule has 0 aliphatic rings. The van der Waals surface area contributed by atoms with Crippen molar-refractivity contribution in [3.05, 3.63) is 29.8 Å². The van der Waals surface area contributed by atoms with Crippen LogP contribution in [0.15, 0.2) is 24.3 Å². The van der Waals surface area contributed by atoms with Crippen molar-refractivity contribution < 1.29 is 13.5 Å². The van der Waals surface area contributed by atoms with Gasteiger partial charge < -0.3 is 5.11 Å². The number of benzene rings is 1. The summed E-state index contributed by atoms with van der Waals surface area (Å²) >= 11 is 0. The molecule has 0 fully saturated rings. The second-order valence-electron chi connectivity index (χ2n) is 2.16. The first-order valence-electron chi connectivity index (χ1n) is 3.08. The lowest BCUT2D eigenvalue weighted by molar-refractivity contribution is 0.475. The van der Waals surface area contributed by atoms with Gasteiger partial charge in [0.1, 0.15) is 16.5 Å². The molecule has 0 unspecified atom stereocenters. The van der Waals surface area contributed by atoms with Crippen LogP contribution in [-0.2, 0) is 16.5 Å². The second-order valence-corrected chi connectivity index (χ2v) is 3.14.